The van der Waals surface area contributed by atoms with E-state index in [1.165, 1.54) is 0 Å². The average molecular weight is 290 g/mol. The average Bonchev–Trinajstić information content (AvgIpc) is 2.18. The number of allylic oxidation sites excluding steroid dienone is 1. The molecule has 0 fully saturated rings. The molecule has 1 aromatic rings. The van der Waals surface area contributed by atoms with Gasteiger partial charge in [-0.25, -0.2) is 4.39 Å². The molecule has 0 amide bonds. The predicted octanol–water partition coefficient (Wildman–Crippen LogP) is 4.56. The Balaban J connectivity index is 2.89. The Morgan fingerprint density at radius 1 is 1.31 bits per heavy atom. The zero-order valence-electron chi connectivity index (χ0n) is 7.56. The van der Waals surface area contributed by atoms with Crippen LogP contribution >= 0.6 is 22.6 Å². The van der Waals surface area contributed by atoms with Gasteiger partial charge in [0, 0.05) is 9.14 Å². The number of hydrogen-bond donors (Lipinski definition) is 0. The van der Waals surface area contributed by atoms with Crippen LogP contribution < -0.4 is 0 Å². The fraction of sp³-hybridized carbons (Fsp3) is 0.273. The standard InChI is InChI=1S/C11H12FI/c1-2-6-10(13)11(12)9-7-4-3-5-8-9/h3-5,7-8H,2,6H2,1H3/b11-10+. The fourth-order valence-corrected chi connectivity index (χ4v) is 1.92. The summed E-state index contributed by atoms with van der Waals surface area (Å²) >= 11 is 2.08. The Kier molecular flexibility index (Phi) is 4.42. The van der Waals surface area contributed by atoms with Crippen LogP contribution in [0.15, 0.2) is 33.9 Å². The van der Waals surface area contributed by atoms with E-state index in [2.05, 4.69) is 29.5 Å². The van der Waals surface area contributed by atoms with E-state index < -0.39 is 0 Å². The molecule has 0 aliphatic rings. The molecular weight excluding hydrogens is 278 g/mol. The van der Waals surface area contributed by atoms with E-state index in [0.717, 1.165) is 16.4 Å². The molecule has 0 heterocycles. The monoisotopic (exact) mass is 290 g/mol. The molecule has 0 atom stereocenters. The fourth-order valence-electron chi connectivity index (χ4n) is 1.07. The molecular formula is C11H12FI. The van der Waals surface area contributed by atoms with Crippen LogP contribution in [0, 0.1) is 0 Å². The highest BCUT2D eigenvalue weighted by Gasteiger charge is 2.04. The van der Waals surface area contributed by atoms with Crippen molar-refractivity contribution in [3.8, 4) is 0 Å². The van der Waals surface area contributed by atoms with Crippen molar-refractivity contribution >= 4 is 28.4 Å². The van der Waals surface area contributed by atoms with Gasteiger partial charge < -0.3 is 0 Å². The van der Waals surface area contributed by atoms with Crippen molar-refractivity contribution in [1.82, 2.24) is 0 Å². The lowest BCUT2D eigenvalue weighted by Crippen LogP contribution is -1.80. The van der Waals surface area contributed by atoms with Gasteiger partial charge in [-0.1, -0.05) is 43.7 Å². The van der Waals surface area contributed by atoms with Crippen LogP contribution in [-0.4, -0.2) is 0 Å². The van der Waals surface area contributed by atoms with Crippen molar-refractivity contribution in [3.05, 3.63) is 39.5 Å². The highest BCUT2D eigenvalue weighted by molar-refractivity contribution is 14.1. The maximum Gasteiger partial charge on any atom is 0.139 e. The first kappa shape index (κ1) is 10.7. The summed E-state index contributed by atoms with van der Waals surface area (Å²) in [4.78, 5) is 0. The first-order valence-electron chi connectivity index (χ1n) is 4.35. The van der Waals surface area contributed by atoms with Gasteiger partial charge in [0.25, 0.3) is 0 Å². The van der Waals surface area contributed by atoms with Crippen LogP contribution in [0.3, 0.4) is 0 Å². The topological polar surface area (TPSA) is 0 Å². The van der Waals surface area contributed by atoms with E-state index in [0.29, 0.717) is 5.56 Å². The predicted molar refractivity (Wildman–Crippen MR) is 63.4 cm³/mol. The first-order chi connectivity index (χ1) is 6.25. The van der Waals surface area contributed by atoms with Crippen molar-refractivity contribution in [2.75, 3.05) is 0 Å². The third kappa shape index (κ3) is 3.10. The van der Waals surface area contributed by atoms with E-state index in [1.54, 1.807) is 12.1 Å². The number of rotatable bonds is 3. The highest BCUT2D eigenvalue weighted by Crippen LogP contribution is 2.27. The van der Waals surface area contributed by atoms with Gasteiger partial charge in [-0.2, -0.15) is 0 Å². The Bertz CT molecular complexity index is 290. The van der Waals surface area contributed by atoms with Crippen molar-refractivity contribution < 1.29 is 4.39 Å². The Labute approximate surface area is 92.0 Å². The van der Waals surface area contributed by atoms with Gasteiger partial charge in [0.05, 0.1) is 0 Å². The second kappa shape index (κ2) is 5.37. The van der Waals surface area contributed by atoms with E-state index in [-0.39, 0.29) is 5.83 Å². The van der Waals surface area contributed by atoms with Crippen molar-refractivity contribution in [1.29, 1.82) is 0 Å². The normalized spacial score (nSPS) is 12.5. The molecule has 0 aliphatic carbocycles. The zero-order chi connectivity index (χ0) is 9.68. The molecule has 1 rings (SSSR count). The highest BCUT2D eigenvalue weighted by atomic mass is 127. The molecule has 0 bridgehead atoms. The third-order valence-electron chi connectivity index (χ3n) is 1.73. The quantitative estimate of drug-likeness (QED) is 0.716. The second-order valence-corrected chi connectivity index (χ2v) is 4.14. The molecule has 0 saturated heterocycles. The van der Waals surface area contributed by atoms with Gasteiger partial charge in [-0.05, 0) is 29.0 Å². The van der Waals surface area contributed by atoms with E-state index in [9.17, 15) is 4.39 Å². The van der Waals surface area contributed by atoms with Crippen LogP contribution in [0.2, 0.25) is 0 Å². The van der Waals surface area contributed by atoms with Gasteiger partial charge in [-0.15, -0.1) is 0 Å². The lowest BCUT2D eigenvalue weighted by atomic mass is 10.2. The smallest absolute Gasteiger partial charge is 0.139 e. The molecule has 1 aromatic carbocycles. The van der Waals surface area contributed by atoms with Crippen molar-refractivity contribution in [2.45, 2.75) is 19.8 Å². The Morgan fingerprint density at radius 3 is 2.46 bits per heavy atom. The maximum absolute atomic E-state index is 13.6. The van der Waals surface area contributed by atoms with E-state index in [1.807, 2.05) is 18.2 Å². The molecule has 0 N–H and O–H groups in total. The lowest BCUT2D eigenvalue weighted by Gasteiger charge is -2.01. The van der Waals surface area contributed by atoms with Crippen LogP contribution in [0.5, 0.6) is 0 Å². The minimum absolute atomic E-state index is 0.0805. The molecule has 0 unspecified atom stereocenters. The molecule has 0 aliphatic heterocycles. The summed E-state index contributed by atoms with van der Waals surface area (Å²) in [6, 6.07) is 9.19. The van der Waals surface area contributed by atoms with E-state index in [4.69, 9.17) is 0 Å². The minimum atomic E-state index is -0.0805. The molecule has 13 heavy (non-hydrogen) atoms. The maximum atomic E-state index is 13.6. The summed E-state index contributed by atoms with van der Waals surface area (Å²) in [7, 11) is 0. The van der Waals surface area contributed by atoms with E-state index >= 15 is 0 Å². The minimum Gasteiger partial charge on any atom is -0.206 e. The lowest BCUT2D eigenvalue weighted by molar-refractivity contribution is 0.749. The molecule has 2 heteroatoms. The van der Waals surface area contributed by atoms with Crippen LogP contribution in [0.4, 0.5) is 4.39 Å². The number of halogens is 2. The Hall–Kier alpha value is -0.380. The third-order valence-corrected chi connectivity index (χ3v) is 2.75. The van der Waals surface area contributed by atoms with Gasteiger partial charge in [0.2, 0.25) is 0 Å². The second-order valence-electron chi connectivity index (χ2n) is 2.83. The molecule has 0 radical (unpaired) electrons. The molecule has 0 saturated carbocycles. The summed E-state index contributed by atoms with van der Waals surface area (Å²) in [5, 5.41) is 0. The van der Waals surface area contributed by atoms with Gasteiger partial charge >= 0.3 is 0 Å². The Morgan fingerprint density at radius 2 is 1.92 bits per heavy atom. The van der Waals surface area contributed by atoms with Crippen molar-refractivity contribution in [3.63, 3.8) is 0 Å². The largest absolute Gasteiger partial charge is 0.206 e. The summed E-state index contributed by atoms with van der Waals surface area (Å²) in [5.41, 5.74) is 0.681. The molecule has 70 valence electrons. The summed E-state index contributed by atoms with van der Waals surface area (Å²) < 4.78 is 14.4. The SMILES string of the molecule is CCC/C(I)=C(\F)c1ccccc1. The number of benzene rings is 1. The van der Waals surface area contributed by atoms with Crippen LogP contribution in [-0.2, 0) is 0 Å². The van der Waals surface area contributed by atoms with Gasteiger partial charge in [-0.3, -0.25) is 0 Å². The van der Waals surface area contributed by atoms with Gasteiger partial charge in [0.15, 0.2) is 0 Å². The summed E-state index contributed by atoms with van der Waals surface area (Å²) in [6.45, 7) is 2.05. The molecule has 0 nitrogen and oxygen atoms in total. The summed E-state index contributed by atoms with van der Waals surface area (Å²) in [5.74, 6) is -0.0805. The van der Waals surface area contributed by atoms with Crippen molar-refractivity contribution in [2.24, 2.45) is 0 Å². The molecule has 0 aromatic heterocycles. The zero-order valence-corrected chi connectivity index (χ0v) is 9.71. The molecule has 0 spiro atoms. The number of hydrogen-bond acceptors (Lipinski definition) is 0. The first-order valence-corrected chi connectivity index (χ1v) is 5.43. The summed E-state index contributed by atoms with van der Waals surface area (Å²) in [6.07, 6.45) is 1.81. The van der Waals surface area contributed by atoms with Crippen LogP contribution in [0.25, 0.3) is 5.83 Å². The van der Waals surface area contributed by atoms with Crippen LogP contribution in [0.1, 0.15) is 25.3 Å². The van der Waals surface area contributed by atoms with Gasteiger partial charge in [0.1, 0.15) is 5.83 Å².